The average molecular weight is 424 g/mol. The van der Waals surface area contributed by atoms with E-state index in [-0.39, 0.29) is 17.7 Å². The van der Waals surface area contributed by atoms with Crippen LogP contribution in [0.5, 0.6) is 0 Å². The number of para-hydroxylation sites is 1. The summed E-state index contributed by atoms with van der Waals surface area (Å²) in [4.78, 5) is 44.9. The minimum Gasteiger partial charge on any atom is -0.339 e. The number of piperidine rings is 1. The molecule has 1 saturated carbocycles. The van der Waals surface area contributed by atoms with Crippen LogP contribution in [0.15, 0.2) is 24.3 Å². The van der Waals surface area contributed by atoms with E-state index in [1.165, 1.54) is 25.7 Å². The SMILES string of the molecule is CC12CCC(=O)N1c1ccccc1C(=O)N2CCCC(=O)N1CCCC2CCCCC21. The molecule has 0 spiro atoms. The van der Waals surface area contributed by atoms with Gasteiger partial charge in [-0.3, -0.25) is 19.3 Å². The number of benzene rings is 1. The van der Waals surface area contributed by atoms with Gasteiger partial charge >= 0.3 is 0 Å². The Morgan fingerprint density at radius 2 is 1.87 bits per heavy atom. The fourth-order valence-corrected chi connectivity index (χ4v) is 6.51. The molecule has 166 valence electrons. The third kappa shape index (κ3) is 3.35. The van der Waals surface area contributed by atoms with E-state index < -0.39 is 5.66 Å². The third-order valence-electron chi connectivity index (χ3n) is 8.08. The van der Waals surface area contributed by atoms with Crippen molar-refractivity contribution in [1.82, 2.24) is 9.80 Å². The van der Waals surface area contributed by atoms with Crippen LogP contribution in [0, 0.1) is 5.92 Å². The second-order valence-corrected chi connectivity index (χ2v) is 9.86. The summed E-state index contributed by atoms with van der Waals surface area (Å²) >= 11 is 0. The number of hydrogen-bond donors (Lipinski definition) is 0. The van der Waals surface area contributed by atoms with E-state index >= 15 is 0 Å². The molecule has 0 aromatic heterocycles. The molecule has 1 aromatic carbocycles. The third-order valence-corrected chi connectivity index (χ3v) is 8.08. The van der Waals surface area contributed by atoms with Gasteiger partial charge < -0.3 is 9.80 Å². The van der Waals surface area contributed by atoms with Crippen LogP contribution < -0.4 is 4.90 Å². The fourth-order valence-electron chi connectivity index (χ4n) is 6.51. The summed E-state index contributed by atoms with van der Waals surface area (Å²) in [6, 6.07) is 7.83. The normalized spacial score (nSPS) is 30.2. The number of nitrogens with zero attached hydrogens (tertiary/aromatic N) is 3. The summed E-state index contributed by atoms with van der Waals surface area (Å²) < 4.78 is 0. The Bertz CT molecular complexity index is 898. The summed E-state index contributed by atoms with van der Waals surface area (Å²) in [5.74, 6) is 0.969. The molecule has 3 atom stereocenters. The molecule has 3 heterocycles. The number of rotatable bonds is 4. The van der Waals surface area contributed by atoms with Crippen molar-refractivity contribution in [3.63, 3.8) is 0 Å². The van der Waals surface area contributed by atoms with Gasteiger partial charge in [-0.1, -0.05) is 25.0 Å². The van der Waals surface area contributed by atoms with Crippen LogP contribution in [0.1, 0.15) is 81.5 Å². The summed E-state index contributed by atoms with van der Waals surface area (Å²) in [6.07, 6.45) is 9.51. The Balaban J connectivity index is 1.28. The van der Waals surface area contributed by atoms with Crippen LogP contribution in [0.2, 0.25) is 0 Å². The van der Waals surface area contributed by atoms with Gasteiger partial charge in [0.25, 0.3) is 5.91 Å². The number of fused-ring (bicyclic) bond motifs is 4. The number of carbonyl (C=O) groups is 3. The largest absolute Gasteiger partial charge is 0.339 e. The molecule has 2 saturated heterocycles. The van der Waals surface area contributed by atoms with Crippen molar-refractivity contribution in [2.24, 2.45) is 5.92 Å². The topological polar surface area (TPSA) is 60.9 Å². The van der Waals surface area contributed by atoms with Gasteiger partial charge in [-0.05, 0) is 63.5 Å². The van der Waals surface area contributed by atoms with Gasteiger partial charge in [0.05, 0.1) is 11.3 Å². The summed E-state index contributed by atoms with van der Waals surface area (Å²) in [5.41, 5.74) is 0.676. The molecular weight excluding hydrogens is 390 g/mol. The van der Waals surface area contributed by atoms with Crippen molar-refractivity contribution < 1.29 is 14.4 Å². The van der Waals surface area contributed by atoms with Crippen molar-refractivity contribution in [2.75, 3.05) is 18.0 Å². The van der Waals surface area contributed by atoms with Crippen LogP contribution in [0.4, 0.5) is 5.69 Å². The lowest BCUT2D eigenvalue weighted by molar-refractivity contribution is -0.137. The van der Waals surface area contributed by atoms with Gasteiger partial charge in [0.1, 0.15) is 5.66 Å². The van der Waals surface area contributed by atoms with E-state index in [2.05, 4.69) is 4.90 Å². The second kappa shape index (κ2) is 7.95. The minimum atomic E-state index is -0.634. The number of likely N-dealkylation sites (tertiary alicyclic amines) is 1. The molecule has 4 aliphatic rings. The fraction of sp³-hybridized carbons (Fsp3) is 0.640. The second-order valence-electron chi connectivity index (χ2n) is 9.86. The van der Waals surface area contributed by atoms with Crippen molar-refractivity contribution in [2.45, 2.75) is 82.8 Å². The van der Waals surface area contributed by atoms with Crippen molar-refractivity contribution in [3.8, 4) is 0 Å². The lowest BCUT2D eigenvalue weighted by Crippen LogP contribution is -2.62. The Morgan fingerprint density at radius 3 is 2.74 bits per heavy atom. The molecule has 0 radical (unpaired) electrons. The van der Waals surface area contributed by atoms with Crippen molar-refractivity contribution in [1.29, 1.82) is 0 Å². The van der Waals surface area contributed by atoms with Gasteiger partial charge in [0, 0.05) is 32.0 Å². The maximum absolute atomic E-state index is 13.3. The van der Waals surface area contributed by atoms with Gasteiger partial charge in [-0.15, -0.1) is 0 Å². The molecule has 5 rings (SSSR count). The molecule has 0 N–H and O–H groups in total. The Morgan fingerprint density at radius 1 is 1.10 bits per heavy atom. The number of amides is 3. The van der Waals surface area contributed by atoms with Crippen LogP contribution in [0.3, 0.4) is 0 Å². The zero-order chi connectivity index (χ0) is 21.6. The number of carbonyl (C=O) groups excluding carboxylic acids is 3. The highest BCUT2D eigenvalue weighted by atomic mass is 16.2. The van der Waals surface area contributed by atoms with Crippen molar-refractivity contribution >= 4 is 23.4 Å². The van der Waals surface area contributed by atoms with Gasteiger partial charge in [0.2, 0.25) is 11.8 Å². The molecule has 1 aliphatic carbocycles. The zero-order valence-electron chi connectivity index (χ0n) is 18.5. The van der Waals surface area contributed by atoms with Gasteiger partial charge in [-0.2, -0.15) is 0 Å². The van der Waals surface area contributed by atoms with Crippen LogP contribution in [-0.4, -0.2) is 52.3 Å². The molecular formula is C25H33N3O3. The van der Waals surface area contributed by atoms with E-state index in [0.717, 1.165) is 25.1 Å². The Labute approximate surface area is 184 Å². The molecule has 31 heavy (non-hydrogen) atoms. The molecule has 6 heteroatoms. The van der Waals surface area contributed by atoms with E-state index in [0.29, 0.717) is 49.8 Å². The van der Waals surface area contributed by atoms with E-state index in [1.54, 1.807) is 6.07 Å². The average Bonchev–Trinajstić information content (AvgIpc) is 3.10. The Kier molecular flexibility index (Phi) is 5.27. The first-order chi connectivity index (χ1) is 15.0. The predicted octanol–water partition coefficient (Wildman–Crippen LogP) is 3.95. The highest BCUT2D eigenvalue weighted by molar-refractivity contribution is 6.10. The van der Waals surface area contributed by atoms with E-state index in [9.17, 15) is 14.4 Å². The lowest BCUT2D eigenvalue weighted by Gasteiger charge is -2.49. The highest BCUT2D eigenvalue weighted by Gasteiger charge is 2.52. The van der Waals surface area contributed by atoms with Crippen LogP contribution in [0.25, 0.3) is 0 Å². The van der Waals surface area contributed by atoms with Gasteiger partial charge in [0.15, 0.2) is 0 Å². The quantitative estimate of drug-likeness (QED) is 0.737. The first-order valence-electron chi connectivity index (χ1n) is 12.0. The monoisotopic (exact) mass is 423 g/mol. The minimum absolute atomic E-state index is 0.0261. The van der Waals surface area contributed by atoms with Crippen molar-refractivity contribution in [3.05, 3.63) is 29.8 Å². The molecule has 0 bridgehead atoms. The van der Waals surface area contributed by atoms with E-state index in [1.807, 2.05) is 34.9 Å². The van der Waals surface area contributed by atoms with Crippen LogP contribution in [-0.2, 0) is 9.59 Å². The molecule has 1 aromatic rings. The maximum Gasteiger partial charge on any atom is 0.257 e. The van der Waals surface area contributed by atoms with E-state index in [4.69, 9.17) is 0 Å². The number of hydrogen-bond acceptors (Lipinski definition) is 3. The summed E-state index contributed by atoms with van der Waals surface area (Å²) in [6.45, 7) is 3.38. The molecule has 3 unspecified atom stereocenters. The Hall–Kier alpha value is -2.37. The first-order valence-corrected chi connectivity index (χ1v) is 12.0. The van der Waals surface area contributed by atoms with Crippen LogP contribution >= 0.6 is 0 Å². The standard InChI is InChI=1S/C25H33N3O3/c1-25-15-14-23(30)28(25)21-12-5-3-10-19(21)24(31)27(25)17-7-13-22(29)26-16-6-9-18-8-2-4-11-20(18)26/h3,5,10,12,18,20H,2,4,6-9,11,13-17H2,1H3. The molecule has 3 aliphatic heterocycles. The first kappa shape index (κ1) is 20.5. The lowest BCUT2D eigenvalue weighted by atomic mass is 9.78. The molecule has 6 nitrogen and oxygen atoms in total. The highest BCUT2D eigenvalue weighted by Crippen LogP contribution is 2.44. The molecule has 3 amide bonds. The van der Waals surface area contributed by atoms with Gasteiger partial charge in [-0.25, -0.2) is 0 Å². The summed E-state index contributed by atoms with van der Waals surface area (Å²) in [7, 11) is 0. The zero-order valence-corrected chi connectivity index (χ0v) is 18.5. The smallest absolute Gasteiger partial charge is 0.257 e. The summed E-state index contributed by atoms with van der Waals surface area (Å²) in [5, 5.41) is 0. The predicted molar refractivity (Wildman–Crippen MR) is 119 cm³/mol. The molecule has 3 fully saturated rings. The maximum atomic E-state index is 13.3. The number of anilines is 1.